The van der Waals surface area contributed by atoms with Crippen LogP contribution in [0.3, 0.4) is 0 Å². The van der Waals surface area contributed by atoms with Crippen LogP contribution in [0.25, 0.3) is 16.8 Å². The van der Waals surface area contributed by atoms with E-state index in [0.29, 0.717) is 11.3 Å². The summed E-state index contributed by atoms with van der Waals surface area (Å²) < 4.78 is 40.0. The van der Waals surface area contributed by atoms with Crippen molar-refractivity contribution in [1.29, 1.82) is 5.26 Å². The number of aromatic nitrogens is 1. The number of nitrogens with zero attached hydrogens (tertiary/aromatic N) is 2. The standard InChI is InChI=1S/C17H9F3N2O3/c18-17(19,20)11-3-4-22-13(5-10(8-21)14(22)7-11)9-1-2-12(16(24)25)15(23)6-9/h1-7,23H,(H,24,25). The molecule has 1 aromatic carbocycles. The second-order valence-corrected chi connectivity index (χ2v) is 5.26. The molecule has 3 aromatic rings. The van der Waals surface area contributed by atoms with Crippen molar-refractivity contribution in [2.75, 3.05) is 0 Å². The van der Waals surface area contributed by atoms with E-state index in [0.717, 1.165) is 12.1 Å². The molecule has 126 valence electrons. The number of rotatable bonds is 2. The van der Waals surface area contributed by atoms with Crippen LogP contribution < -0.4 is 0 Å². The molecular weight excluding hydrogens is 337 g/mol. The lowest BCUT2D eigenvalue weighted by Gasteiger charge is -2.09. The lowest BCUT2D eigenvalue weighted by atomic mass is 10.1. The van der Waals surface area contributed by atoms with Crippen LogP contribution in [0.5, 0.6) is 5.75 Å². The lowest BCUT2D eigenvalue weighted by Crippen LogP contribution is -2.05. The van der Waals surface area contributed by atoms with Gasteiger partial charge in [0.05, 0.1) is 22.3 Å². The van der Waals surface area contributed by atoms with Gasteiger partial charge in [0.25, 0.3) is 0 Å². The Hall–Kier alpha value is -3.47. The minimum Gasteiger partial charge on any atom is -0.507 e. The predicted molar refractivity (Wildman–Crippen MR) is 81.2 cm³/mol. The number of alkyl halides is 3. The molecule has 0 bridgehead atoms. The first kappa shape index (κ1) is 16.4. The first-order valence-corrected chi connectivity index (χ1v) is 6.91. The second kappa shape index (κ2) is 5.56. The third kappa shape index (κ3) is 2.76. The number of phenols is 1. The number of carboxylic acid groups (broad SMARTS) is 1. The summed E-state index contributed by atoms with van der Waals surface area (Å²) in [5.74, 6) is -1.79. The van der Waals surface area contributed by atoms with Gasteiger partial charge in [-0.2, -0.15) is 18.4 Å². The number of carbonyl (C=O) groups is 1. The van der Waals surface area contributed by atoms with Crippen LogP contribution in [-0.4, -0.2) is 20.6 Å². The lowest BCUT2D eigenvalue weighted by molar-refractivity contribution is -0.137. The van der Waals surface area contributed by atoms with Gasteiger partial charge < -0.3 is 14.6 Å². The van der Waals surface area contributed by atoms with Gasteiger partial charge in [-0.25, -0.2) is 4.79 Å². The summed E-state index contributed by atoms with van der Waals surface area (Å²) in [4.78, 5) is 10.9. The van der Waals surface area contributed by atoms with Gasteiger partial charge in [-0.05, 0) is 30.3 Å². The molecule has 0 saturated heterocycles. The van der Waals surface area contributed by atoms with E-state index in [2.05, 4.69) is 0 Å². The summed E-state index contributed by atoms with van der Waals surface area (Å²) in [6.45, 7) is 0. The number of nitriles is 1. The summed E-state index contributed by atoms with van der Waals surface area (Å²) in [5.41, 5.74) is -0.377. The number of aromatic hydroxyl groups is 1. The van der Waals surface area contributed by atoms with Crippen LogP contribution in [0.4, 0.5) is 13.2 Å². The Balaban J connectivity index is 2.23. The number of benzene rings is 1. The van der Waals surface area contributed by atoms with Gasteiger partial charge in [0.1, 0.15) is 17.4 Å². The Labute approximate surface area is 138 Å². The summed E-state index contributed by atoms with van der Waals surface area (Å²) in [6.07, 6.45) is -3.36. The van der Waals surface area contributed by atoms with Crippen LogP contribution in [0.2, 0.25) is 0 Å². The first-order chi connectivity index (χ1) is 11.7. The van der Waals surface area contributed by atoms with Gasteiger partial charge in [0.15, 0.2) is 0 Å². The molecule has 0 atom stereocenters. The van der Waals surface area contributed by atoms with Crippen LogP contribution >= 0.6 is 0 Å². The minimum atomic E-state index is -4.54. The van der Waals surface area contributed by atoms with E-state index in [9.17, 15) is 28.3 Å². The maximum atomic E-state index is 12.9. The van der Waals surface area contributed by atoms with Gasteiger partial charge in [-0.3, -0.25) is 0 Å². The zero-order valence-electron chi connectivity index (χ0n) is 12.4. The van der Waals surface area contributed by atoms with Gasteiger partial charge >= 0.3 is 12.1 Å². The van der Waals surface area contributed by atoms with Crippen LogP contribution in [0.15, 0.2) is 42.6 Å². The minimum absolute atomic E-state index is 0.0305. The Morgan fingerprint density at radius 3 is 2.44 bits per heavy atom. The molecule has 0 aliphatic heterocycles. The average molecular weight is 346 g/mol. The molecule has 2 N–H and O–H groups in total. The van der Waals surface area contributed by atoms with Crippen molar-refractivity contribution < 1.29 is 28.2 Å². The van der Waals surface area contributed by atoms with Gasteiger partial charge in [-0.1, -0.05) is 6.07 Å². The number of halogens is 3. The Bertz CT molecular complexity index is 1050. The summed E-state index contributed by atoms with van der Waals surface area (Å²) in [5, 5.41) is 27.9. The molecular formula is C17H9F3N2O3. The molecule has 0 radical (unpaired) electrons. The van der Waals surface area contributed by atoms with Crippen LogP contribution in [0, 0.1) is 11.3 Å². The third-order valence-corrected chi connectivity index (χ3v) is 3.74. The van der Waals surface area contributed by atoms with E-state index in [-0.39, 0.29) is 16.6 Å². The largest absolute Gasteiger partial charge is 0.507 e. The zero-order valence-corrected chi connectivity index (χ0v) is 12.4. The Kier molecular flexibility index (Phi) is 3.64. The highest BCUT2D eigenvalue weighted by Crippen LogP contribution is 2.34. The maximum Gasteiger partial charge on any atom is 0.416 e. The molecule has 2 heterocycles. The number of hydrogen-bond donors (Lipinski definition) is 2. The Morgan fingerprint density at radius 2 is 1.88 bits per heavy atom. The smallest absolute Gasteiger partial charge is 0.416 e. The van der Waals surface area contributed by atoms with E-state index in [1.165, 1.54) is 34.9 Å². The van der Waals surface area contributed by atoms with Crippen LogP contribution in [0.1, 0.15) is 21.5 Å². The fourth-order valence-electron chi connectivity index (χ4n) is 2.56. The van der Waals surface area contributed by atoms with Crippen LogP contribution in [-0.2, 0) is 6.18 Å². The summed E-state index contributed by atoms with van der Waals surface area (Å²) in [6, 6.07) is 8.74. The van der Waals surface area contributed by atoms with Crippen molar-refractivity contribution in [2.24, 2.45) is 0 Å². The zero-order chi connectivity index (χ0) is 18.4. The molecule has 8 heteroatoms. The van der Waals surface area contributed by atoms with E-state index < -0.39 is 23.5 Å². The van der Waals surface area contributed by atoms with Gasteiger partial charge in [-0.15, -0.1) is 0 Å². The third-order valence-electron chi connectivity index (χ3n) is 3.74. The number of fused-ring (bicyclic) bond motifs is 1. The van der Waals surface area contributed by atoms with Gasteiger partial charge in [0, 0.05) is 11.8 Å². The highest BCUT2D eigenvalue weighted by Gasteiger charge is 2.31. The van der Waals surface area contributed by atoms with E-state index >= 15 is 0 Å². The summed E-state index contributed by atoms with van der Waals surface area (Å²) in [7, 11) is 0. The van der Waals surface area contributed by atoms with E-state index in [1.807, 2.05) is 6.07 Å². The fraction of sp³-hybridized carbons (Fsp3) is 0.0588. The molecule has 5 nitrogen and oxygen atoms in total. The normalized spacial score (nSPS) is 11.4. The molecule has 0 unspecified atom stereocenters. The van der Waals surface area contributed by atoms with Crippen molar-refractivity contribution in [2.45, 2.75) is 6.18 Å². The van der Waals surface area contributed by atoms with Crippen molar-refractivity contribution in [1.82, 2.24) is 4.40 Å². The first-order valence-electron chi connectivity index (χ1n) is 6.91. The SMILES string of the molecule is N#Cc1cc(-c2ccc(C(=O)O)c(O)c2)n2ccc(C(F)(F)F)cc12. The molecule has 0 fully saturated rings. The highest BCUT2D eigenvalue weighted by atomic mass is 19.4. The fourth-order valence-corrected chi connectivity index (χ4v) is 2.56. The maximum absolute atomic E-state index is 12.9. The number of hydrogen-bond acceptors (Lipinski definition) is 3. The highest BCUT2D eigenvalue weighted by molar-refractivity contribution is 5.91. The summed E-state index contributed by atoms with van der Waals surface area (Å²) >= 11 is 0. The topological polar surface area (TPSA) is 85.7 Å². The van der Waals surface area contributed by atoms with Crippen molar-refractivity contribution in [3.05, 3.63) is 59.3 Å². The number of aromatic carboxylic acids is 1. The molecule has 0 amide bonds. The molecule has 0 saturated carbocycles. The molecule has 25 heavy (non-hydrogen) atoms. The Morgan fingerprint density at radius 1 is 1.16 bits per heavy atom. The molecule has 0 spiro atoms. The second-order valence-electron chi connectivity index (χ2n) is 5.26. The molecule has 2 aromatic heterocycles. The monoisotopic (exact) mass is 346 g/mol. The average Bonchev–Trinajstić information content (AvgIpc) is 2.91. The van der Waals surface area contributed by atoms with Gasteiger partial charge in [0.2, 0.25) is 0 Å². The van der Waals surface area contributed by atoms with Crippen molar-refractivity contribution in [3.63, 3.8) is 0 Å². The number of pyridine rings is 1. The van der Waals surface area contributed by atoms with E-state index in [1.54, 1.807) is 0 Å². The van der Waals surface area contributed by atoms with Crippen molar-refractivity contribution in [3.8, 4) is 23.1 Å². The van der Waals surface area contributed by atoms with E-state index in [4.69, 9.17) is 5.11 Å². The van der Waals surface area contributed by atoms with Crippen molar-refractivity contribution >= 4 is 11.5 Å². The molecule has 0 aliphatic rings. The predicted octanol–water partition coefficient (Wildman–Crippen LogP) is 3.90. The molecule has 3 rings (SSSR count). The number of carboxylic acids is 1. The quantitative estimate of drug-likeness (QED) is 0.737. The molecule has 0 aliphatic carbocycles.